The van der Waals surface area contributed by atoms with E-state index in [0.717, 1.165) is 25.3 Å². The predicted octanol–water partition coefficient (Wildman–Crippen LogP) is 7.91. The first-order chi connectivity index (χ1) is 13.9. The van der Waals surface area contributed by atoms with Gasteiger partial charge in [0.25, 0.3) is 0 Å². The molecule has 0 amide bonds. The summed E-state index contributed by atoms with van der Waals surface area (Å²) in [4.78, 5) is 0. The fourth-order valence-corrected chi connectivity index (χ4v) is 3.67. The molecular weight excluding hydrogens is 342 g/mol. The Morgan fingerprint density at radius 3 is 1.68 bits per heavy atom. The Labute approximate surface area is 175 Å². The van der Waals surface area contributed by atoms with Crippen LogP contribution in [0.2, 0.25) is 0 Å². The Bertz CT molecular complexity index is 420. The third-order valence-electron chi connectivity index (χ3n) is 5.58. The van der Waals surface area contributed by atoms with Gasteiger partial charge in [0.1, 0.15) is 11.9 Å². The minimum absolute atomic E-state index is 0.272. The predicted molar refractivity (Wildman–Crippen MR) is 124 cm³/mol. The quantitative estimate of drug-likeness (QED) is 0.229. The number of hydrogen-bond donors (Lipinski definition) is 1. The van der Waals surface area contributed by atoms with Gasteiger partial charge in [-0.15, -0.1) is 0 Å². The maximum absolute atomic E-state index is 6.03. The second kappa shape index (κ2) is 19.3. The first-order valence-corrected chi connectivity index (χ1v) is 12.3. The van der Waals surface area contributed by atoms with Crippen molar-refractivity contribution in [1.82, 2.24) is 5.32 Å². The van der Waals surface area contributed by atoms with Gasteiger partial charge < -0.3 is 10.1 Å². The lowest BCUT2D eigenvalue weighted by Gasteiger charge is -2.18. The van der Waals surface area contributed by atoms with Crippen LogP contribution in [0.4, 0.5) is 0 Å². The van der Waals surface area contributed by atoms with Gasteiger partial charge in [0, 0.05) is 6.54 Å². The number of benzene rings is 1. The molecule has 1 rings (SSSR count). The summed E-state index contributed by atoms with van der Waals surface area (Å²) in [5, 5.41) is 3.58. The van der Waals surface area contributed by atoms with Crippen molar-refractivity contribution < 1.29 is 4.74 Å². The number of unbranched alkanes of at least 4 members (excludes halogenated alkanes) is 13. The zero-order valence-corrected chi connectivity index (χ0v) is 18.9. The van der Waals surface area contributed by atoms with E-state index in [0.29, 0.717) is 0 Å². The summed E-state index contributed by atoms with van der Waals surface area (Å²) in [6, 6.07) is 10.2. The van der Waals surface area contributed by atoms with Gasteiger partial charge in [-0.2, -0.15) is 0 Å². The van der Waals surface area contributed by atoms with Crippen LogP contribution >= 0.6 is 0 Å². The molecule has 0 saturated heterocycles. The van der Waals surface area contributed by atoms with E-state index in [-0.39, 0.29) is 6.10 Å². The maximum atomic E-state index is 6.03. The Morgan fingerprint density at radius 1 is 0.679 bits per heavy atom. The van der Waals surface area contributed by atoms with Gasteiger partial charge in [0.2, 0.25) is 0 Å². The highest BCUT2D eigenvalue weighted by atomic mass is 16.5. The Hall–Kier alpha value is -1.02. The van der Waals surface area contributed by atoms with Crippen molar-refractivity contribution in [2.75, 3.05) is 13.1 Å². The Balaban J connectivity index is 1.81. The molecule has 1 atom stereocenters. The summed E-state index contributed by atoms with van der Waals surface area (Å²) in [6.07, 6.45) is 21.2. The van der Waals surface area contributed by atoms with Crippen LogP contribution in [0.25, 0.3) is 0 Å². The molecule has 0 aliphatic carbocycles. The number of ether oxygens (including phenoxy) is 1. The lowest BCUT2D eigenvalue weighted by atomic mass is 10.0. The van der Waals surface area contributed by atoms with Crippen LogP contribution < -0.4 is 10.1 Å². The second-order valence-corrected chi connectivity index (χ2v) is 8.26. The summed E-state index contributed by atoms with van der Waals surface area (Å²) >= 11 is 0. The third kappa shape index (κ3) is 15.0. The van der Waals surface area contributed by atoms with Gasteiger partial charge in [0.05, 0.1) is 0 Å². The van der Waals surface area contributed by atoms with Crippen molar-refractivity contribution in [1.29, 1.82) is 0 Å². The van der Waals surface area contributed by atoms with Crippen LogP contribution in [0, 0.1) is 0 Å². The summed E-state index contributed by atoms with van der Waals surface area (Å²) in [7, 11) is 0. The van der Waals surface area contributed by atoms with Gasteiger partial charge in [-0.1, -0.05) is 116 Å². The van der Waals surface area contributed by atoms with Crippen molar-refractivity contribution in [3.8, 4) is 5.75 Å². The summed E-state index contributed by atoms with van der Waals surface area (Å²) < 4.78 is 6.03. The molecule has 0 spiro atoms. The van der Waals surface area contributed by atoms with Crippen LogP contribution in [0.5, 0.6) is 5.75 Å². The van der Waals surface area contributed by atoms with E-state index in [1.165, 1.54) is 89.9 Å². The fraction of sp³-hybridized carbons (Fsp3) is 0.769. The molecule has 2 heteroatoms. The van der Waals surface area contributed by atoms with Gasteiger partial charge in [-0.05, 0) is 31.5 Å². The highest BCUT2D eigenvalue weighted by Gasteiger charge is 2.07. The van der Waals surface area contributed by atoms with Crippen LogP contribution in [0.3, 0.4) is 0 Å². The Kier molecular flexibility index (Phi) is 17.2. The van der Waals surface area contributed by atoms with Gasteiger partial charge in [-0.25, -0.2) is 0 Å². The first-order valence-electron chi connectivity index (χ1n) is 12.3. The molecule has 0 saturated carbocycles. The molecule has 0 aliphatic rings. The van der Waals surface area contributed by atoms with Crippen LogP contribution in [-0.2, 0) is 0 Å². The molecule has 0 heterocycles. The largest absolute Gasteiger partial charge is 0.489 e. The molecule has 162 valence electrons. The molecule has 0 aromatic heterocycles. The normalized spacial score (nSPS) is 12.2. The number of hydrogen-bond acceptors (Lipinski definition) is 2. The van der Waals surface area contributed by atoms with Crippen LogP contribution in [0.15, 0.2) is 30.3 Å². The highest BCUT2D eigenvalue weighted by Crippen LogP contribution is 2.13. The van der Waals surface area contributed by atoms with E-state index in [4.69, 9.17) is 4.74 Å². The van der Waals surface area contributed by atoms with E-state index >= 15 is 0 Å². The van der Waals surface area contributed by atoms with E-state index in [9.17, 15) is 0 Å². The molecule has 1 aromatic rings. The van der Waals surface area contributed by atoms with Gasteiger partial charge in [0.15, 0.2) is 0 Å². The molecule has 0 radical (unpaired) electrons. The van der Waals surface area contributed by atoms with E-state index in [1.54, 1.807) is 0 Å². The summed E-state index contributed by atoms with van der Waals surface area (Å²) in [6.45, 7) is 6.55. The van der Waals surface area contributed by atoms with Crippen molar-refractivity contribution in [3.63, 3.8) is 0 Å². The maximum Gasteiger partial charge on any atom is 0.119 e. The molecule has 28 heavy (non-hydrogen) atoms. The third-order valence-corrected chi connectivity index (χ3v) is 5.58. The van der Waals surface area contributed by atoms with Crippen molar-refractivity contribution >= 4 is 0 Å². The molecule has 1 aromatic carbocycles. The summed E-state index contributed by atoms with van der Waals surface area (Å²) in [5.74, 6) is 0.979. The monoisotopic (exact) mass is 389 g/mol. The van der Waals surface area contributed by atoms with E-state index in [1.807, 2.05) is 30.3 Å². The van der Waals surface area contributed by atoms with E-state index in [2.05, 4.69) is 19.2 Å². The SMILES string of the molecule is CCCCCCCCCCCCCCCCNCC(CC)Oc1ccccc1. The second-order valence-electron chi connectivity index (χ2n) is 8.26. The highest BCUT2D eigenvalue weighted by molar-refractivity contribution is 5.21. The lowest BCUT2D eigenvalue weighted by molar-refractivity contribution is 0.193. The van der Waals surface area contributed by atoms with Crippen LogP contribution in [-0.4, -0.2) is 19.2 Å². The minimum Gasteiger partial charge on any atom is -0.489 e. The van der Waals surface area contributed by atoms with Gasteiger partial charge in [-0.3, -0.25) is 0 Å². The Morgan fingerprint density at radius 2 is 1.18 bits per heavy atom. The van der Waals surface area contributed by atoms with Crippen LogP contribution in [0.1, 0.15) is 110 Å². The minimum atomic E-state index is 0.272. The molecule has 0 fully saturated rings. The number of rotatable bonds is 20. The molecule has 1 N–H and O–H groups in total. The first kappa shape index (κ1) is 25.0. The van der Waals surface area contributed by atoms with Crippen molar-refractivity contribution in [3.05, 3.63) is 30.3 Å². The molecular formula is C26H47NO. The smallest absolute Gasteiger partial charge is 0.119 e. The number of para-hydroxylation sites is 1. The lowest BCUT2D eigenvalue weighted by Crippen LogP contribution is -2.31. The molecule has 0 aliphatic heterocycles. The van der Waals surface area contributed by atoms with E-state index < -0.39 is 0 Å². The zero-order valence-electron chi connectivity index (χ0n) is 18.9. The standard InChI is InChI=1S/C26H47NO/c1-3-5-6-7-8-9-10-11-12-13-14-15-16-20-23-27-24-25(4-2)28-26-21-18-17-19-22-26/h17-19,21-22,25,27H,3-16,20,23-24H2,1-2H3. The topological polar surface area (TPSA) is 21.3 Å². The average Bonchev–Trinajstić information content (AvgIpc) is 2.73. The van der Waals surface area contributed by atoms with Crippen molar-refractivity contribution in [2.45, 2.75) is 116 Å². The molecule has 2 nitrogen and oxygen atoms in total. The molecule has 1 unspecified atom stereocenters. The number of nitrogens with one attached hydrogen (secondary N) is 1. The molecule has 0 bridgehead atoms. The summed E-state index contributed by atoms with van der Waals surface area (Å²) in [5.41, 5.74) is 0. The van der Waals surface area contributed by atoms with Crippen molar-refractivity contribution in [2.24, 2.45) is 0 Å². The average molecular weight is 390 g/mol. The zero-order chi connectivity index (χ0) is 20.1. The fourth-order valence-electron chi connectivity index (χ4n) is 3.67. The van der Waals surface area contributed by atoms with Gasteiger partial charge >= 0.3 is 0 Å².